The minimum atomic E-state index is 0.375. The summed E-state index contributed by atoms with van der Waals surface area (Å²) < 4.78 is 0. The SMILES string of the molecule is CN1CCN([C@@H](CN)c2ccc3c(c2)CCN3C)CC1. The highest BCUT2D eigenvalue weighted by molar-refractivity contribution is 5.58. The molecule has 2 N–H and O–H groups in total. The molecule has 0 saturated carbocycles. The summed E-state index contributed by atoms with van der Waals surface area (Å²) in [7, 11) is 4.37. The minimum Gasteiger partial charge on any atom is -0.374 e. The van der Waals surface area contributed by atoms with Gasteiger partial charge in [-0.05, 0) is 30.7 Å². The summed E-state index contributed by atoms with van der Waals surface area (Å²) in [5, 5.41) is 0. The molecule has 0 spiro atoms. The third kappa shape index (κ3) is 2.55. The van der Waals surface area contributed by atoms with Crippen molar-refractivity contribution in [2.75, 3.05) is 58.3 Å². The molecule has 1 atom stereocenters. The van der Waals surface area contributed by atoms with E-state index >= 15 is 0 Å². The lowest BCUT2D eigenvalue weighted by atomic mass is 10.0. The molecular formula is C16H26N4. The molecular weight excluding hydrogens is 248 g/mol. The normalized spacial score (nSPS) is 22.1. The molecule has 2 heterocycles. The third-order valence-electron chi connectivity index (χ3n) is 4.82. The van der Waals surface area contributed by atoms with Gasteiger partial charge < -0.3 is 15.5 Å². The van der Waals surface area contributed by atoms with E-state index in [2.05, 4.69) is 47.0 Å². The predicted molar refractivity (Wildman–Crippen MR) is 84.3 cm³/mol. The molecule has 3 rings (SSSR count). The van der Waals surface area contributed by atoms with E-state index in [0.29, 0.717) is 12.6 Å². The van der Waals surface area contributed by atoms with Gasteiger partial charge in [0.15, 0.2) is 0 Å². The van der Waals surface area contributed by atoms with E-state index in [1.165, 1.54) is 23.2 Å². The molecule has 0 bridgehead atoms. The number of hydrogen-bond donors (Lipinski definition) is 1. The van der Waals surface area contributed by atoms with Crippen LogP contribution < -0.4 is 10.6 Å². The van der Waals surface area contributed by atoms with Crippen LogP contribution in [-0.4, -0.2) is 63.2 Å². The Morgan fingerprint density at radius 1 is 1.10 bits per heavy atom. The molecule has 0 aliphatic carbocycles. The number of rotatable bonds is 3. The summed E-state index contributed by atoms with van der Waals surface area (Å²) >= 11 is 0. The highest BCUT2D eigenvalue weighted by Gasteiger charge is 2.24. The first-order valence-electron chi connectivity index (χ1n) is 7.65. The van der Waals surface area contributed by atoms with E-state index in [4.69, 9.17) is 5.73 Å². The maximum atomic E-state index is 6.08. The predicted octanol–water partition coefficient (Wildman–Crippen LogP) is 0.926. The summed E-state index contributed by atoms with van der Waals surface area (Å²) in [6.45, 7) is 6.37. The second-order valence-corrected chi connectivity index (χ2v) is 6.15. The van der Waals surface area contributed by atoms with Gasteiger partial charge in [0.25, 0.3) is 0 Å². The highest BCUT2D eigenvalue weighted by atomic mass is 15.3. The Bertz CT molecular complexity index is 466. The molecule has 0 unspecified atom stereocenters. The van der Waals surface area contributed by atoms with Crippen molar-refractivity contribution in [2.45, 2.75) is 12.5 Å². The van der Waals surface area contributed by atoms with Crippen molar-refractivity contribution >= 4 is 5.69 Å². The van der Waals surface area contributed by atoms with Crippen molar-refractivity contribution in [2.24, 2.45) is 5.73 Å². The number of anilines is 1. The summed E-state index contributed by atoms with van der Waals surface area (Å²) in [4.78, 5) is 7.27. The Morgan fingerprint density at radius 2 is 1.85 bits per heavy atom. The average molecular weight is 274 g/mol. The second kappa shape index (κ2) is 5.72. The van der Waals surface area contributed by atoms with Crippen LogP contribution in [0, 0.1) is 0 Å². The van der Waals surface area contributed by atoms with Crippen molar-refractivity contribution in [3.63, 3.8) is 0 Å². The molecule has 1 saturated heterocycles. The van der Waals surface area contributed by atoms with Gasteiger partial charge in [0, 0.05) is 58.0 Å². The fraction of sp³-hybridized carbons (Fsp3) is 0.625. The first-order valence-corrected chi connectivity index (χ1v) is 7.65. The lowest BCUT2D eigenvalue weighted by Gasteiger charge is -2.37. The standard InChI is InChI=1S/C16H26N4/c1-18-7-9-20(10-8-18)16(12-17)13-3-4-15-14(11-13)5-6-19(15)2/h3-4,11,16H,5-10,12,17H2,1-2H3/t16-/m0/s1. The molecule has 4 nitrogen and oxygen atoms in total. The quantitative estimate of drug-likeness (QED) is 0.889. The van der Waals surface area contributed by atoms with Gasteiger partial charge in [-0.3, -0.25) is 4.90 Å². The van der Waals surface area contributed by atoms with Crippen molar-refractivity contribution in [3.8, 4) is 0 Å². The summed E-state index contributed by atoms with van der Waals surface area (Å²) in [5.41, 5.74) is 10.3. The summed E-state index contributed by atoms with van der Waals surface area (Å²) in [5.74, 6) is 0. The van der Waals surface area contributed by atoms with E-state index in [1.54, 1.807) is 0 Å². The van der Waals surface area contributed by atoms with Gasteiger partial charge in [-0.1, -0.05) is 12.1 Å². The lowest BCUT2D eigenvalue weighted by molar-refractivity contribution is 0.114. The van der Waals surface area contributed by atoms with E-state index in [-0.39, 0.29) is 0 Å². The number of fused-ring (bicyclic) bond motifs is 1. The Balaban J connectivity index is 1.79. The lowest BCUT2D eigenvalue weighted by Crippen LogP contribution is -2.47. The Labute approximate surface area is 122 Å². The van der Waals surface area contributed by atoms with Gasteiger partial charge in [-0.25, -0.2) is 0 Å². The fourth-order valence-electron chi connectivity index (χ4n) is 3.42. The van der Waals surface area contributed by atoms with Crippen LogP contribution in [0.15, 0.2) is 18.2 Å². The van der Waals surface area contributed by atoms with E-state index < -0.39 is 0 Å². The van der Waals surface area contributed by atoms with Crippen LogP contribution in [-0.2, 0) is 6.42 Å². The number of hydrogen-bond acceptors (Lipinski definition) is 4. The average Bonchev–Trinajstić information content (AvgIpc) is 2.83. The van der Waals surface area contributed by atoms with Crippen molar-refractivity contribution in [1.29, 1.82) is 0 Å². The van der Waals surface area contributed by atoms with Crippen LogP contribution in [0.25, 0.3) is 0 Å². The zero-order chi connectivity index (χ0) is 14.1. The third-order valence-corrected chi connectivity index (χ3v) is 4.82. The summed E-state index contributed by atoms with van der Waals surface area (Å²) in [6, 6.07) is 7.31. The molecule has 20 heavy (non-hydrogen) atoms. The van der Waals surface area contributed by atoms with Crippen LogP contribution in [0.2, 0.25) is 0 Å². The topological polar surface area (TPSA) is 35.7 Å². The van der Waals surface area contributed by atoms with Gasteiger partial charge in [-0.15, -0.1) is 0 Å². The largest absolute Gasteiger partial charge is 0.374 e. The van der Waals surface area contributed by atoms with E-state index in [9.17, 15) is 0 Å². The van der Waals surface area contributed by atoms with Crippen LogP contribution in [0.3, 0.4) is 0 Å². The van der Waals surface area contributed by atoms with Gasteiger partial charge in [-0.2, -0.15) is 0 Å². The van der Waals surface area contributed by atoms with Crippen molar-refractivity contribution in [3.05, 3.63) is 29.3 Å². The molecule has 1 aromatic rings. The van der Waals surface area contributed by atoms with Gasteiger partial charge in [0.05, 0.1) is 0 Å². The molecule has 2 aliphatic rings. The Kier molecular flexibility index (Phi) is 3.96. The Morgan fingerprint density at radius 3 is 2.55 bits per heavy atom. The first-order chi connectivity index (χ1) is 9.69. The highest BCUT2D eigenvalue weighted by Crippen LogP contribution is 2.31. The van der Waals surface area contributed by atoms with Gasteiger partial charge in [0.2, 0.25) is 0 Å². The number of piperazine rings is 1. The molecule has 0 radical (unpaired) electrons. The zero-order valence-electron chi connectivity index (χ0n) is 12.7. The number of likely N-dealkylation sites (N-methyl/N-ethyl adjacent to an activating group) is 2. The maximum Gasteiger partial charge on any atom is 0.0471 e. The summed E-state index contributed by atoms with van der Waals surface area (Å²) in [6.07, 6.45) is 1.17. The van der Waals surface area contributed by atoms with Gasteiger partial charge in [0.1, 0.15) is 0 Å². The fourth-order valence-corrected chi connectivity index (χ4v) is 3.42. The van der Waals surface area contributed by atoms with Crippen molar-refractivity contribution in [1.82, 2.24) is 9.80 Å². The number of nitrogens with zero attached hydrogens (tertiary/aromatic N) is 3. The minimum absolute atomic E-state index is 0.375. The van der Waals surface area contributed by atoms with Crippen LogP contribution >= 0.6 is 0 Å². The van der Waals surface area contributed by atoms with E-state index in [1.807, 2.05) is 0 Å². The molecule has 4 heteroatoms. The van der Waals surface area contributed by atoms with Gasteiger partial charge >= 0.3 is 0 Å². The first kappa shape index (κ1) is 13.9. The maximum absolute atomic E-state index is 6.08. The molecule has 0 aromatic heterocycles. The smallest absolute Gasteiger partial charge is 0.0471 e. The monoisotopic (exact) mass is 274 g/mol. The molecule has 110 valence electrons. The zero-order valence-corrected chi connectivity index (χ0v) is 12.7. The van der Waals surface area contributed by atoms with E-state index in [0.717, 1.165) is 32.7 Å². The molecule has 2 aliphatic heterocycles. The number of benzene rings is 1. The Hall–Kier alpha value is -1.10. The molecule has 0 amide bonds. The molecule has 1 aromatic carbocycles. The van der Waals surface area contributed by atoms with Crippen LogP contribution in [0.4, 0.5) is 5.69 Å². The van der Waals surface area contributed by atoms with Crippen LogP contribution in [0.5, 0.6) is 0 Å². The number of nitrogens with two attached hydrogens (primary N) is 1. The molecule has 1 fully saturated rings. The van der Waals surface area contributed by atoms with Crippen LogP contribution in [0.1, 0.15) is 17.2 Å². The second-order valence-electron chi connectivity index (χ2n) is 6.15. The van der Waals surface area contributed by atoms with Crippen molar-refractivity contribution < 1.29 is 0 Å².